The van der Waals surface area contributed by atoms with Crippen LogP contribution in [0, 0.1) is 26.7 Å². The van der Waals surface area contributed by atoms with Gasteiger partial charge in [-0.05, 0) is 32.9 Å². The molecule has 1 aliphatic heterocycles. The Bertz CT molecular complexity index is 981. The molecule has 0 unspecified atom stereocenters. The molecule has 0 amide bonds. The molecule has 4 heterocycles. The highest BCUT2D eigenvalue weighted by atomic mass is 16.5. The van der Waals surface area contributed by atoms with Crippen LogP contribution in [0.4, 0.5) is 0 Å². The van der Waals surface area contributed by atoms with E-state index in [1.807, 2.05) is 19.9 Å². The molecule has 3 aromatic rings. The molecule has 136 valence electrons. The molecular formula is C17H21N7O2. The Morgan fingerprint density at radius 2 is 2.00 bits per heavy atom. The van der Waals surface area contributed by atoms with Crippen molar-refractivity contribution < 1.29 is 4.52 Å². The van der Waals surface area contributed by atoms with Gasteiger partial charge in [0.25, 0.3) is 5.56 Å². The summed E-state index contributed by atoms with van der Waals surface area (Å²) in [7, 11) is 0. The van der Waals surface area contributed by atoms with Gasteiger partial charge >= 0.3 is 0 Å². The van der Waals surface area contributed by atoms with Crippen LogP contribution in [0.3, 0.4) is 0 Å². The molecule has 0 aromatic carbocycles. The summed E-state index contributed by atoms with van der Waals surface area (Å²) < 4.78 is 8.43. The summed E-state index contributed by atoms with van der Waals surface area (Å²) in [5.74, 6) is 2.31. The minimum atomic E-state index is -0.0961. The molecule has 9 nitrogen and oxygen atoms in total. The second-order valence-electron chi connectivity index (χ2n) is 6.85. The minimum Gasteiger partial charge on any atom is -0.338 e. The Hall–Kier alpha value is -2.81. The summed E-state index contributed by atoms with van der Waals surface area (Å²) in [6.45, 7) is 8.70. The summed E-state index contributed by atoms with van der Waals surface area (Å²) in [5, 5.41) is 12.7. The largest absolute Gasteiger partial charge is 0.338 e. The van der Waals surface area contributed by atoms with Crippen molar-refractivity contribution in [3.8, 4) is 5.82 Å². The van der Waals surface area contributed by atoms with Crippen molar-refractivity contribution in [2.75, 3.05) is 13.1 Å². The number of rotatable bonds is 5. The molecular weight excluding hydrogens is 334 g/mol. The third kappa shape index (κ3) is 3.30. The van der Waals surface area contributed by atoms with Gasteiger partial charge in [-0.2, -0.15) is 10.1 Å². The lowest BCUT2D eigenvalue weighted by Crippen LogP contribution is -2.49. The fourth-order valence-corrected chi connectivity index (χ4v) is 3.30. The maximum absolute atomic E-state index is 12.2. The molecule has 9 heteroatoms. The van der Waals surface area contributed by atoms with E-state index < -0.39 is 0 Å². The van der Waals surface area contributed by atoms with Gasteiger partial charge in [0.1, 0.15) is 0 Å². The van der Waals surface area contributed by atoms with Crippen LogP contribution in [-0.2, 0) is 13.1 Å². The third-order valence-electron chi connectivity index (χ3n) is 4.47. The Labute approximate surface area is 150 Å². The highest BCUT2D eigenvalue weighted by Gasteiger charge is 2.29. The van der Waals surface area contributed by atoms with Gasteiger partial charge in [-0.1, -0.05) is 5.16 Å². The number of aromatic nitrogens is 6. The van der Waals surface area contributed by atoms with Crippen molar-refractivity contribution in [1.29, 1.82) is 0 Å². The zero-order valence-corrected chi connectivity index (χ0v) is 15.1. The van der Waals surface area contributed by atoms with Gasteiger partial charge in [-0.3, -0.25) is 9.69 Å². The Morgan fingerprint density at radius 1 is 1.19 bits per heavy atom. The van der Waals surface area contributed by atoms with Crippen LogP contribution in [0.25, 0.3) is 5.82 Å². The fraction of sp³-hybridized carbons (Fsp3) is 0.471. The Kier molecular flexibility index (Phi) is 4.15. The van der Waals surface area contributed by atoms with Crippen LogP contribution >= 0.6 is 0 Å². The van der Waals surface area contributed by atoms with E-state index >= 15 is 0 Å². The van der Waals surface area contributed by atoms with Crippen molar-refractivity contribution in [3.63, 3.8) is 0 Å². The van der Waals surface area contributed by atoms with E-state index in [1.165, 1.54) is 4.68 Å². The van der Waals surface area contributed by atoms with Crippen LogP contribution in [0.1, 0.15) is 23.1 Å². The number of hydrogen-bond acceptors (Lipinski definition) is 7. The molecule has 26 heavy (non-hydrogen) atoms. The van der Waals surface area contributed by atoms with Crippen molar-refractivity contribution in [2.24, 2.45) is 5.92 Å². The standard InChI is InChI=1S/C17H21N7O2/c1-11-6-12(2)24(19-11)15-4-5-17(25)23(20-15)9-14-7-22(8-14)10-16-18-13(3)21-26-16/h4-6,14H,7-10H2,1-3H3. The lowest BCUT2D eigenvalue weighted by Gasteiger charge is -2.38. The van der Waals surface area contributed by atoms with E-state index in [2.05, 4.69) is 25.2 Å². The average Bonchev–Trinajstić information content (AvgIpc) is 3.12. The van der Waals surface area contributed by atoms with Crippen LogP contribution < -0.4 is 5.56 Å². The number of nitrogens with zero attached hydrogens (tertiary/aromatic N) is 7. The molecule has 4 rings (SSSR count). The quantitative estimate of drug-likeness (QED) is 0.670. The summed E-state index contributed by atoms with van der Waals surface area (Å²) >= 11 is 0. The normalized spacial score (nSPS) is 15.3. The van der Waals surface area contributed by atoms with Crippen LogP contribution in [-0.4, -0.2) is 47.7 Å². The van der Waals surface area contributed by atoms with Gasteiger partial charge in [0.15, 0.2) is 11.6 Å². The van der Waals surface area contributed by atoms with Crippen molar-refractivity contribution >= 4 is 0 Å². The van der Waals surface area contributed by atoms with E-state index in [1.54, 1.807) is 23.7 Å². The first-order valence-corrected chi connectivity index (χ1v) is 8.61. The molecule has 1 aliphatic rings. The lowest BCUT2D eigenvalue weighted by molar-refractivity contribution is 0.0658. The second-order valence-corrected chi connectivity index (χ2v) is 6.85. The fourth-order valence-electron chi connectivity index (χ4n) is 3.30. The smallest absolute Gasteiger partial charge is 0.266 e. The van der Waals surface area contributed by atoms with Crippen LogP contribution in [0.5, 0.6) is 0 Å². The van der Waals surface area contributed by atoms with Gasteiger partial charge in [-0.25, -0.2) is 9.36 Å². The van der Waals surface area contributed by atoms with E-state index in [4.69, 9.17) is 4.52 Å². The molecule has 1 saturated heterocycles. The predicted molar refractivity (Wildman–Crippen MR) is 92.9 cm³/mol. The first-order valence-electron chi connectivity index (χ1n) is 8.61. The van der Waals surface area contributed by atoms with Gasteiger partial charge in [0.2, 0.25) is 5.89 Å². The molecule has 0 bridgehead atoms. The zero-order valence-electron chi connectivity index (χ0n) is 15.1. The summed E-state index contributed by atoms with van der Waals surface area (Å²) in [6, 6.07) is 5.25. The topological polar surface area (TPSA) is 94.9 Å². The molecule has 0 aliphatic carbocycles. The third-order valence-corrected chi connectivity index (χ3v) is 4.47. The van der Waals surface area contributed by atoms with Gasteiger partial charge < -0.3 is 4.52 Å². The molecule has 3 aromatic heterocycles. The minimum absolute atomic E-state index is 0.0961. The van der Waals surface area contributed by atoms with E-state index in [9.17, 15) is 4.79 Å². The van der Waals surface area contributed by atoms with Crippen LogP contribution in [0.2, 0.25) is 0 Å². The number of aryl methyl sites for hydroxylation is 3. The lowest BCUT2D eigenvalue weighted by atomic mass is 10.0. The monoisotopic (exact) mass is 355 g/mol. The number of likely N-dealkylation sites (tertiary alicyclic amines) is 1. The molecule has 1 fully saturated rings. The molecule has 0 radical (unpaired) electrons. The van der Waals surface area contributed by atoms with E-state index in [0.717, 1.165) is 24.5 Å². The maximum Gasteiger partial charge on any atom is 0.266 e. The van der Waals surface area contributed by atoms with Crippen molar-refractivity contribution in [3.05, 3.63) is 51.7 Å². The Morgan fingerprint density at radius 3 is 2.65 bits per heavy atom. The molecule has 0 saturated carbocycles. The molecule has 0 spiro atoms. The molecule has 0 N–H and O–H groups in total. The highest BCUT2D eigenvalue weighted by Crippen LogP contribution is 2.19. The zero-order chi connectivity index (χ0) is 18.3. The average molecular weight is 355 g/mol. The van der Waals surface area contributed by atoms with Crippen molar-refractivity contribution in [1.82, 2.24) is 34.6 Å². The van der Waals surface area contributed by atoms with Gasteiger partial charge in [-0.15, -0.1) is 5.10 Å². The highest BCUT2D eigenvalue weighted by molar-refractivity contribution is 5.23. The molecule has 0 atom stereocenters. The Balaban J connectivity index is 1.42. The predicted octanol–water partition coefficient (Wildman–Crippen LogP) is 0.869. The van der Waals surface area contributed by atoms with Crippen molar-refractivity contribution in [2.45, 2.75) is 33.9 Å². The summed E-state index contributed by atoms with van der Waals surface area (Å²) in [5.41, 5.74) is 1.82. The second kappa shape index (κ2) is 6.49. The first-order chi connectivity index (χ1) is 12.5. The maximum atomic E-state index is 12.2. The van der Waals surface area contributed by atoms with E-state index in [0.29, 0.717) is 36.5 Å². The summed E-state index contributed by atoms with van der Waals surface area (Å²) in [6.07, 6.45) is 0. The first kappa shape index (κ1) is 16.6. The SMILES string of the molecule is Cc1cc(C)n(-c2ccc(=O)n(CC3CN(Cc4nc(C)no4)C3)n2)n1. The van der Waals surface area contributed by atoms with Gasteiger partial charge in [0.05, 0.1) is 18.8 Å². The van der Waals surface area contributed by atoms with Gasteiger partial charge in [0, 0.05) is 30.8 Å². The number of hydrogen-bond donors (Lipinski definition) is 0. The van der Waals surface area contributed by atoms with Crippen LogP contribution in [0.15, 0.2) is 27.5 Å². The summed E-state index contributed by atoms with van der Waals surface area (Å²) in [4.78, 5) is 18.6. The van der Waals surface area contributed by atoms with E-state index in [-0.39, 0.29) is 5.56 Å².